The summed E-state index contributed by atoms with van der Waals surface area (Å²) in [6.45, 7) is 3.90. The molecule has 0 unspecified atom stereocenters. The monoisotopic (exact) mass is 488 g/mol. The van der Waals surface area contributed by atoms with Gasteiger partial charge in [0, 0.05) is 23.2 Å². The van der Waals surface area contributed by atoms with Gasteiger partial charge in [0.1, 0.15) is 28.3 Å². The van der Waals surface area contributed by atoms with Gasteiger partial charge in [-0.15, -0.1) is 0 Å². The summed E-state index contributed by atoms with van der Waals surface area (Å²) in [4.78, 5) is 8.14. The highest BCUT2D eigenvalue weighted by Crippen LogP contribution is 2.24. The summed E-state index contributed by atoms with van der Waals surface area (Å²) in [6, 6.07) is 32.3. The maximum Gasteiger partial charge on any atom is 0.142 e. The summed E-state index contributed by atoms with van der Waals surface area (Å²) in [7, 11) is 0. The summed E-state index contributed by atoms with van der Waals surface area (Å²) in [5, 5.41) is 30.0. The zero-order valence-electron chi connectivity index (χ0n) is 20.7. The highest BCUT2D eigenvalue weighted by atomic mass is 16.3. The van der Waals surface area contributed by atoms with Crippen LogP contribution in [-0.4, -0.2) is 25.3 Å². The van der Waals surface area contributed by atoms with E-state index in [1.54, 1.807) is 36.7 Å². The minimum Gasteiger partial charge on any atom is -0.508 e. The second-order valence-electron chi connectivity index (χ2n) is 8.63. The molecule has 0 saturated heterocycles. The number of aromatic hydroxyl groups is 3. The van der Waals surface area contributed by atoms with Crippen LogP contribution in [0.15, 0.2) is 116 Å². The molecule has 6 rings (SSSR count). The lowest BCUT2D eigenvalue weighted by molar-refractivity contribution is 0.475. The van der Waals surface area contributed by atoms with Gasteiger partial charge in [0.2, 0.25) is 0 Å². The number of aromatic nitrogens is 2. The molecule has 0 saturated carbocycles. The Bertz CT molecular complexity index is 1530. The number of hydrogen-bond donors (Lipinski definition) is 3. The van der Waals surface area contributed by atoms with Crippen molar-refractivity contribution in [3.8, 4) is 28.4 Å². The van der Waals surface area contributed by atoms with Crippen molar-refractivity contribution in [1.82, 2.24) is 9.97 Å². The molecule has 5 nitrogen and oxygen atoms in total. The van der Waals surface area contributed by atoms with Crippen LogP contribution in [0.25, 0.3) is 32.9 Å². The lowest BCUT2D eigenvalue weighted by Gasteiger charge is -2.00. The van der Waals surface area contributed by atoms with Gasteiger partial charge in [0.15, 0.2) is 0 Å². The molecular formula is C32H28N2O3. The van der Waals surface area contributed by atoms with Crippen LogP contribution in [0.2, 0.25) is 0 Å². The molecule has 0 atom stereocenters. The van der Waals surface area contributed by atoms with Gasteiger partial charge >= 0.3 is 0 Å². The van der Waals surface area contributed by atoms with E-state index in [4.69, 9.17) is 5.11 Å². The number of phenols is 3. The second-order valence-corrected chi connectivity index (χ2v) is 8.63. The van der Waals surface area contributed by atoms with Crippen molar-refractivity contribution in [1.29, 1.82) is 0 Å². The van der Waals surface area contributed by atoms with Crippen molar-refractivity contribution in [2.45, 2.75) is 13.8 Å². The molecule has 37 heavy (non-hydrogen) atoms. The van der Waals surface area contributed by atoms with Crippen LogP contribution in [0, 0.1) is 13.8 Å². The Labute approximate surface area is 216 Å². The van der Waals surface area contributed by atoms with Crippen molar-refractivity contribution in [2.75, 3.05) is 0 Å². The standard InChI is InChI=1S/C12H10O.2C10H9NO/c13-12-8-6-11(7-9-12)10-4-2-1-3-5-10;2*1-7-5-8-3-2-4-11-10(8)9(12)6-7/h1-9,13H;2*2-6,12H,1H3. The molecule has 0 aliphatic heterocycles. The van der Waals surface area contributed by atoms with E-state index in [9.17, 15) is 10.2 Å². The number of aryl methyl sites for hydroxylation is 2. The molecule has 0 radical (unpaired) electrons. The fourth-order valence-corrected chi connectivity index (χ4v) is 3.92. The number of hydrogen-bond acceptors (Lipinski definition) is 5. The molecule has 5 heteroatoms. The van der Waals surface area contributed by atoms with E-state index >= 15 is 0 Å². The highest BCUT2D eigenvalue weighted by Gasteiger charge is 2.01. The van der Waals surface area contributed by atoms with Gasteiger partial charge in [-0.25, -0.2) is 0 Å². The first-order valence-corrected chi connectivity index (χ1v) is 11.8. The Hall–Kier alpha value is -4.90. The fourth-order valence-electron chi connectivity index (χ4n) is 3.92. The van der Waals surface area contributed by atoms with E-state index in [1.165, 1.54) is 5.56 Å². The lowest BCUT2D eigenvalue weighted by atomic mass is 10.1. The van der Waals surface area contributed by atoms with Crippen molar-refractivity contribution in [3.05, 3.63) is 127 Å². The molecule has 184 valence electrons. The fraction of sp³-hybridized carbons (Fsp3) is 0.0625. The van der Waals surface area contributed by atoms with E-state index in [1.807, 2.05) is 92.7 Å². The van der Waals surface area contributed by atoms with Crippen LogP contribution in [0.5, 0.6) is 17.2 Å². The number of pyridine rings is 2. The first kappa shape index (κ1) is 25.2. The van der Waals surface area contributed by atoms with Gasteiger partial charge < -0.3 is 15.3 Å². The molecule has 0 amide bonds. The quantitative estimate of drug-likeness (QED) is 0.222. The van der Waals surface area contributed by atoms with Crippen LogP contribution in [0.3, 0.4) is 0 Å². The predicted octanol–water partition coefficient (Wildman–Crippen LogP) is 7.56. The van der Waals surface area contributed by atoms with Gasteiger partial charge in [0.05, 0.1) is 0 Å². The minimum absolute atomic E-state index is 0.255. The van der Waals surface area contributed by atoms with Gasteiger partial charge in [0.25, 0.3) is 0 Å². The Balaban J connectivity index is 0.000000130. The zero-order valence-corrected chi connectivity index (χ0v) is 20.7. The molecular weight excluding hydrogens is 460 g/mol. The van der Waals surface area contributed by atoms with Crippen molar-refractivity contribution < 1.29 is 15.3 Å². The first-order chi connectivity index (χ1) is 17.9. The highest BCUT2D eigenvalue weighted by molar-refractivity contribution is 5.85. The SMILES string of the molecule is Cc1cc(O)c2ncccc2c1.Cc1cc(O)c2ncccc2c1.Oc1ccc(-c2ccccc2)cc1. The smallest absolute Gasteiger partial charge is 0.142 e. The maximum atomic E-state index is 9.49. The summed E-state index contributed by atoms with van der Waals surface area (Å²) < 4.78 is 0. The minimum atomic E-state index is 0.255. The lowest BCUT2D eigenvalue weighted by Crippen LogP contribution is -1.80. The third kappa shape index (κ3) is 6.61. The topological polar surface area (TPSA) is 86.5 Å². The Morgan fingerprint density at radius 3 is 1.43 bits per heavy atom. The number of fused-ring (bicyclic) bond motifs is 2. The van der Waals surface area contributed by atoms with Gasteiger partial charge in [-0.05, 0) is 84.6 Å². The van der Waals surface area contributed by atoms with Crippen LogP contribution < -0.4 is 0 Å². The number of nitrogens with zero attached hydrogens (tertiary/aromatic N) is 2. The second kappa shape index (κ2) is 11.7. The third-order valence-corrected chi connectivity index (χ3v) is 5.63. The van der Waals surface area contributed by atoms with E-state index < -0.39 is 0 Å². The Morgan fingerprint density at radius 1 is 0.486 bits per heavy atom. The van der Waals surface area contributed by atoms with Crippen molar-refractivity contribution >= 4 is 21.8 Å². The van der Waals surface area contributed by atoms with E-state index in [0.29, 0.717) is 16.8 Å². The van der Waals surface area contributed by atoms with Gasteiger partial charge in [-0.1, -0.05) is 54.6 Å². The van der Waals surface area contributed by atoms with Gasteiger partial charge in [-0.2, -0.15) is 0 Å². The maximum absolute atomic E-state index is 9.49. The molecule has 0 bridgehead atoms. The molecule has 0 fully saturated rings. The summed E-state index contributed by atoms with van der Waals surface area (Å²) in [5.41, 5.74) is 5.73. The Morgan fingerprint density at radius 2 is 0.946 bits per heavy atom. The van der Waals surface area contributed by atoms with Crippen LogP contribution in [0.1, 0.15) is 11.1 Å². The molecule has 0 aliphatic rings. The summed E-state index contributed by atoms with van der Waals surface area (Å²) in [6.07, 6.45) is 3.36. The first-order valence-electron chi connectivity index (χ1n) is 11.8. The van der Waals surface area contributed by atoms with E-state index in [-0.39, 0.29) is 11.5 Å². The van der Waals surface area contributed by atoms with Crippen LogP contribution in [0.4, 0.5) is 0 Å². The molecule has 2 heterocycles. The number of phenolic OH excluding ortho intramolecular Hbond substituents is 3. The average Bonchev–Trinajstić information content (AvgIpc) is 2.90. The van der Waals surface area contributed by atoms with Crippen LogP contribution in [-0.2, 0) is 0 Å². The molecule has 4 aromatic carbocycles. The number of rotatable bonds is 1. The summed E-state index contributed by atoms with van der Waals surface area (Å²) in [5.74, 6) is 0.816. The van der Waals surface area contributed by atoms with E-state index in [2.05, 4.69) is 9.97 Å². The van der Waals surface area contributed by atoms with Gasteiger partial charge in [-0.3, -0.25) is 9.97 Å². The third-order valence-electron chi connectivity index (χ3n) is 5.63. The predicted molar refractivity (Wildman–Crippen MR) is 150 cm³/mol. The Kier molecular flexibility index (Phi) is 7.96. The zero-order chi connectivity index (χ0) is 26.2. The van der Waals surface area contributed by atoms with Crippen molar-refractivity contribution in [2.24, 2.45) is 0 Å². The summed E-state index contributed by atoms with van der Waals surface area (Å²) >= 11 is 0. The van der Waals surface area contributed by atoms with E-state index in [0.717, 1.165) is 27.5 Å². The normalized spacial score (nSPS) is 10.2. The molecule has 0 spiro atoms. The largest absolute Gasteiger partial charge is 0.508 e. The molecule has 0 aliphatic carbocycles. The average molecular weight is 489 g/mol. The molecule has 3 N–H and O–H groups in total. The number of benzene rings is 4. The van der Waals surface area contributed by atoms with Crippen LogP contribution >= 0.6 is 0 Å². The van der Waals surface area contributed by atoms with Crippen molar-refractivity contribution in [3.63, 3.8) is 0 Å². The molecule has 6 aromatic rings. The molecule has 2 aromatic heterocycles.